The number of rotatable bonds is 7. The molecule has 2 N–H and O–H groups in total. The molecule has 30 heavy (non-hydrogen) atoms. The van der Waals surface area contributed by atoms with E-state index in [0.717, 1.165) is 30.6 Å². The zero-order valence-electron chi connectivity index (χ0n) is 16.6. The quantitative estimate of drug-likeness (QED) is 0.569. The summed E-state index contributed by atoms with van der Waals surface area (Å²) in [4.78, 5) is 26.8. The number of nitrogens with zero attached hydrogens (tertiary/aromatic N) is 3. The fourth-order valence-electron chi connectivity index (χ4n) is 3.72. The Labute approximate surface area is 179 Å². The molecule has 4 rings (SSSR count). The monoisotopic (exact) mass is 425 g/mol. The number of hydrogen-bond acceptors (Lipinski definition) is 5. The second kappa shape index (κ2) is 9.28. The molecule has 7 nitrogen and oxygen atoms in total. The van der Waals surface area contributed by atoms with Gasteiger partial charge < -0.3 is 10.2 Å². The van der Waals surface area contributed by atoms with Gasteiger partial charge in [0.25, 0.3) is 11.5 Å². The number of likely N-dealkylation sites (tertiary alicyclic amines) is 1. The van der Waals surface area contributed by atoms with Crippen molar-refractivity contribution in [3.8, 4) is 0 Å². The number of carbonyl (C=O) groups is 1. The summed E-state index contributed by atoms with van der Waals surface area (Å²) in [6.45, 7) is 4.16. The van der Waals surface area contributed by atoms with Gasteiger partial charge >= 0.3 is 0 Å². The van der Waals surface area contributed by atoms with Crippen molar-refractivity contribution < 1.29 is 4.79 Å². The number of anilines is 1. The average Bonchev–Trinajstić information content (AvgIpc) is 3.27. The van der Waals surface area contributed by atoms with Gasteiger partial charge in [0.15, 0.2) is 0 Å². The van der Waals surface area contributed by atoms with Gasteiger partial charge in [-0.3, -0.25) is 14.0 Å². The molecule has 0 unspecified atom stereocenters. The zero-order chi connectivity index (χ0) is 20.9. The molecule has 0 bridgehead atoms. The molecule has 1 aromatic heterocycles. The number of benzene rings is 2. The standard InChI is InChI=1S/C22H24ClN5O2/c23-28(19-7-6-18-14-25-26-22(30)20(18)13-19)15-16-4-3-5-17(12-16)21(29)24-8-11-27-9-1-2-10-27/h3-7,12-14H,1-2,8-11,15H2,(H,24,29)(H,26,30). The highest BCUT2D eigenvalue weighted by atomic mass is 35.5. The molecule has 0 spiro atoms. The van der Waals surface area contributed by atoms with Crippen LogP contribution >= 0.6 is 11.8 Å². The first-order valence-electron chi connectivity index (χ1n) is 10.1. The Morgan fingerprint density at radius 2 is 2.03 bits per heavy atom. The minimum atomic E-state index is -0.257. The second-order valence-electron chi connectivity index (χ2n) is 7.50. The van der Waals surface area contributed by atoms with E-state index in [4.69, 9.17) is 11.8 Å². The van der Waals surface area contributed by atoms with E-state index in [1.807, 2.05) is 30.3 Å². The van der Waals surface area contributed by atoms with Crippen LogP contribution in [0.15, 0.2) is 53.5 Å². The van der Waals surface area contributed by atoms with E-state index in [9.17, 15) is 9.59 Å². The van der Waals surface area contributed by atoms with E-state index >= 15 is 0 Å². The molecule has 0 atom stereocenters. The third kappa shape index (κ3) is 4.80. The Balaban J connectivity index is 1.40. The van der Waals surface area contributed by atoms with Crippen molar-refractivity contribution in [2.75, 3.05) is 30.6 Å². The van der Waals surface area contributed by atoms with Crippen molar-refractivity contribution in [3.63, 3.8) is 0 Å². The Morgan fingerprint density at radius 3 is 2.87 bits per heavy atom. The van der Waals surface area contributed by atoms with Crippen LogP contribution in [0.5, 0.6) is 0 Å². The number of fused-ring (bicyclic) bond motifs is 1. The van der Waals surface area contributed by atoms with E-state index in [0.29, 0.717) is 29.7 Å². The highest BCUT2D eigenvalue weighted by Gasteiger charge is 2.13. The third-order valence-electron chi connectivity index (χ3n) is 5.35. The number of aromatic amines is 1. The SMILES string of the molecule is O=C(NCCN1CCCC1)c1cccc(CN(Cl)c2ccc3cn[nH]c(=O)c3c2)c1. The number of nitrogens with one attached hydrogen (secondary N) is 2. The first-order valence-corrected chi connectivity index (χ1v) is 10.4. The van der Waals surface area contributed by atoms with Crippen LogP contribution in [0.3, 0.4) is 0 Å². The summed E-state index contributed by atoms with van der Waals surface area (Å²) < 4.78 is 1.53. The minimum absolute atomic E-state index is 0.0816. The zero-order valence-corrected chi connectivity index (χ0v) is 17.4. The molecule has 156 valence electrons. The van der Waals surface area contributed by atoms with Gasteiger partial charge in [0, 0.05) is 35.8 Å². The summed E-state index contributed by atoms with van der Waals surface area (Å²) in [5, 5.41) is 10.5. The molecule has 8 heteroatoms. The van der Waals surface area contributed by atoms with E-state index in [1.54, 1.807) is 18.3 Å². The molecule has 0 saturated carbocycles. The second-order valence-corrected chi connectivity index (χ2v) is 7.90. The molecule has 0 radical (unpaired) electrons. The van der Waals surface area contributed by atoms with Gasteiger partial charge in [-0.2, -0.15) is 5.10 Å². The van der Waals surface area contributed by atoms with Crippen LogP contribution in [0.2, 0.25) is 0 Å². The number of aromatic nitrogens is 2. The highest BCUT2D eigenvalue weighted by Crippen LogP contribution is 2.23. The summed E-state index contributed by atoms with van der Waals surface area (Å²) in [5.74, 6) is -0.0816. The van der Waals surface area contributed by atoms with Crippen molar-refractivity contribution >= 4 is 34.1 Å². The average molecular weight is 426 g/mol. The lowest BCUT2D eigenvalue weighted by Crippen LogP contribution is -2.33. The molecule has 1 aliphatic heterocycles. The van der Waals surface area contributed by atoms with E-state index < -0.39 is 0 Å². The summed E-state index contributed by atoms with van der Waals surface area (Å²) in [7, 11) is 0. The molecular formula is C22H24ClN5O2. The molecule has 2 aromatic carbocycles. The lowest BCUT2D eigenvalue weighted by atomic mass is 10.1. The fourth-order valence-corrected chi connectivity index (χ4v) is 3.97. The van der Waals surface area contributed by atoms with Crippen molar-refractivity contribution in [1.82, 2.24) is 20.4 Å². The summed E-state index contributed by atoms with van der Waals surface area (Å²) in [6.07, 6.45) is 4.09. The van der Waals surface area contributed by atoms with E-state index in [2.05, 4.69) is 20.4 Å². The Morgan fingerprint density at radius 1 is 1.20 bits per heavy atom. The Hall–Kier alpha value is -2.90. The summed E-state index contributed by atoms with van der Waals surface area (Å²) >= 11 is 6.48. The number of hydrogen-bond donors (Lipinski definition) is 2. The number of amides is 1. The van der Waals surface area contributed by atoms with Gasteiger partial charge in [-0.25, -0.2) is 5.10 Å². The van der Waals surface area contributed by atoms with Gasteiger partial charge in [0.2, 0.25) is 0 Å². The fraction of sp³-hybridized carbons (Fsp3) is 0.318. The van der Waals surface area contributed by atoms with Gasteiger partial charge in [-0.1, -0.05) is 18.2 Å². The van der Waals surface area contributed by atoms with Crippen molar-refractivity contribution in [3.05, 3.63) is 70.1 Å². The largest absolute Gasteiger partial charge is 0.351 e. The van der Waals surface area contributed by atoms with Crippen LogP contribution in [0.1, 0.15) is 28.8 Å². The highest BCUT2D eigenvalue weighted by molar-refractivity contribution is 6.25. The lowest BCUT2D eigenvalue weighted by Gasteiger charge is -2.17. The third-order valence-corrected chi connectivity index (χ3v) is 5.67. The predicted octanol–water partition coefficient (Wildman–Crippen LogP) is 2.91. The Kier molecular flexibility index (Phi) is 6.30. The Bertz CT molecular complexity index is 1090. The van der Waals surface area contributed by atoms with Crippen LogP contribution < -0.4 is 15.3 Å². The minimum Gasteiger partial charge on any atom is -0.351 e. The lowest BCUT2D eigenvalue weighted by molar-refractivity contribution is 0.0949. The summed E-state index contributed by atoms with van der Waals surface area (Å²) in [6, 6.07) is 12.8. The van der Waals surface area contributed by atoms with Crippen LogP contribution in [0.25, 0.3) is 10.8 Å². The number of halogens is 1. The number of H-pyrrole nitrogens is 1. The normalized spacial score (nSPS) is 14.2. The molecule has 1 saturated heterocycles. The smallest absolute Gasteiger partial charge is 0.272 e. The molecule has 1 aliphatic rings. The van der Waals surface area contributed by atoms with Gasteiger partial charge in [-0.15, -0.1) is 0 Å². The van der Waals surface area contributed by atoms with Gasteiger partial charge in [0.1, 0.15) is 0 Å². The first kappa shape index (κ1) is 20.4. The van der Waals surface area contributed by atoms with Gasteiger partial charge in [0.05, 0.1) is 23.8 Å². The first-order chi connectivity index (χ1) is 14.6. The topological polar surface area (TPSA) is 81.3 Å². The van der Waals surface area contributed by atoms with Crippen molar-refractivity contribution in [2.24, 2.45) is 0 Å². The molecule has 0 aliphatic carbocycles. The predicted molar refractivity (Wildman–Crippen MR) is 119 cm³/mol. The van der Waals surface area contributed by atoms with Gasteiger partial charge in [-0.05, 0) is 55.8 Å². The van der Waals surface area contributed by atoms with E-state index in [1.165, 1.54) is 17.3 Å². The van der Waals surface area contributed by atoms with E-state index in [-0.39, 0.29) is 11.5 Å². The molecule has 2 heterocycles. The van der Waals surface area contributed by atoms with Crippen LogP contribution in [-0.4, -0.2) is 47.2 Å². The van der Waals surface area contributed by atoms with Crippen molar-refractivity contribution in [2.45, 2.75) is 19.4 Å². The molecule has 1 fully saturated rings. The molecular weight excluding hydrogens is 402 g/mol. The maximum Gasteiger partial charge on any atom is 0.272 e. The molecule has 1 amide bonds. The maximum absolute atomic E-state index is 12.5. The molecule has 3 aromatic rings. The van der Waals surface area contributed by atoms with Crippen LogP contribution in [0.4, 0.5) is 5.69 Å². The maximum atomic E-state index is 12.5. The van der Waals surface area contributed by atoms with Crippen molar-refractivity contribution in [1.29, 1.82) is 0 Å². The number of carbonyl (C=O) groups excluding carboxylic acids is 1. The van der Waals surface area contributed by atoms with Crippen LogP contribution in [0, 0.1) is 0 Å². The van der Waals surface area contributed by atoms with Crippen LogP contribution in [-0.2, 0) is 6.54 Å². The summed E-state index contributed by atoms with van der Waals surface area (Å²) in [5.41, 5.74) is 1.95.